The van der Waals surface area contributed by atoms with Crippen molar-refractivity contribution < 1.29 is 20.4 Å². The molecule has 7 heteroatoms. The molecule has 98 valence electrons. The minimum absolute atomic E-state index is 0.142. The molecule has 1 heterocycles. The number of imidazole rings is 1. The first-order valence-corrected chi connectivity index (χ1v) is 6.12. The van der Waals surface area contributed by atoms with Crippen LogP contribution in [0.1, 0.15) is 11.9 Å². The number of hydrogen-bond acceptors (Lipinski definition) is 5. The molecule has 2 aromatic rings. The summed E-state index contributed by atoms with van der Waals surface area (Å²) >= 11 is 3.31. The Labute approximate surface area is 111 Å². The molecule has 0 bridgehead atoms. The van der Waals surface area contributed by atoms with Gasteiger partial charge in [0.2, 0.25) is 0 Å². The zero-order valence-corrected chi connectivity index (χ0v) is 10.9. The minimum Gasteiger partial charge on any atom is -0.394 e. The third kappa shape index (κ3) is 2.55. The molecule has 1 unspecified atom stereocenters. The summed E-state index contributed by atoms with van der Waals surface area (Å²) in [5.74, 6) is 0.142. The summed E-state index contributed by atoms with van der Waals surface area (Å²) in [5.41, 5.74) is 1.34. The smallest absolute Gasteiger partial charge is 0.140 e. The Morgan fingerprint density at radius 3 is 2.67 bits per heavy atom. The highest BCUT2D eigenvalue weighted by Gasteiger charge is 2.27. The number of fused-ring (bicyclic) bond motifs is 1. The van der Waals surface area contributed by atoms with Gasteiger partial charge in [-0.3, -0.25) is 0 Å². The number of halogens is 1. The Balaban J connectivity index is 2.30. The molecule has 3 atom stereocenters. The lowest BCUT2D eigenvalue weighted by atomic mass is 10.1. The van der Waals surface area contributed by atoms with Crippen molar-refractivity contribution in [1.29, 1.82) is 0 Å². The van der Waals surface area contributed by atoms with E-state index in [-0.39, 0.29) is 5.82 Å². The van der Waals surface area contributed by atoms with E-state index in [0.717, 1.165) is 4.47 Å². The van der Waals surface area contributed by atoms with E-state index >= 15 is 0 Å². The predicted octanol–water partition coefficient (Wildman–Crippen LogP) is 0.0729. The van der Waals surface area contributed by atoms with Crippen LogP contribution in [0.3, 0.4) is 0 Å². The summed E-state index contributed by atoms with van der Waals surface area (Å²) in [5, 5.41) is 37.4. The van der Waals surface area contributed by atoms with Crippen LogP contribution in [-0.4, -0.2) is 49.2 Å². The van der Waals surface area contributed by atoms with Gasteiger partial charge in [-0.05, 0) is 18.2 Å². The highest BCUT2D eigenvalue weighted by Crippen LogP contribution is 2.22. The molecule has 18 heavy (non-hydrogen) atoms. The molecule has 2 rings (SSSR count). The number of H-pyrrole nitrogens is 1. The molecule has 0 aliphatic carbocycles. The summed E-state index contributed by atoms with van der Waals surface area (Å²) in [6.07, 6.45) is -4.31. The van der Waals surface area contributed by atoms with Crippen LogP contribution in [0, 0.1) is 0 Å². The molecule has 6 nitrogen and oxygen atoms in total. The largest absolute Gasteiger partial charge is 0.394 e. The van der Waals surface area contributed by atoms with Crippen LogP contribution in [0.4, 0.5) is 0 Å². The standard InChI is InChI=1S/C11H13BrN2O4/c12-5-1-2-6-7(3-5)14-11(13-6)10(18)9(17)8(16)4-15/h1-3,8-10,15-18H,4H2,(H,13,14)/t8-,9?,10-/m1/s1. The Morgan fingerprint density at radius 1 is 1.28 bits per heavy atom. The zero-order chi connectivity index (χ0) is 13.3. The number of nitrogens with one attached hydrogen (secondary N) is 1. The second-order valence-corrected chi connectivity index (χ2v) is 4.88. The van der Waals surface area contributed by atoms with Gasteiger partial charge in [0.15, 0.2) is 0 Å². The van der Waals surface area contributed by atoms with Gasteiger partial charge in [-0.2, -0.15) is 0 Å². The van der Waals surface area contributed by atoms with Gasteiger partial charge in [0.25, 0.3) is 0 Å². The number of aliphatic hydroxyl groups is 4. The second kappa shape index (κ2) is 5.33. The molecular formula is C11H13BrN2O4. The molecular weight excluding hydrogens is 304 g/mol. The maximum absolute atomic E-state index is 9.83. The summed E-state index contributed by atoms with van der Waals surface area (Å²) < 4.78 is 0.857. The fraction of sp³-hybridized carbons (Fsp3) is 0.364. The summed E-state index contributed by atoms with van der Waals surface area (Å²) in [4.78, 5) is 6.96. The molecule has 1 aromatic heterocycles. The summed E-state index contributed by atoms with van der Waals surface area (Å²) in [7, 11) is 0. The van der Waals surface area contributed by atoms with Gasteiger partial charge in [0.05, 0.1) is 17.6 Å². The topological polar surface area (TPSA) is 110 Å². The Hall–Kier alpha value is -0.990. The van der Waals surface area contributed by atoms with Gasteiger partial charge < -0.3 is 25.4 Å². The van der Waals surface area contributed by atoms with Crippen LogP contribution in [-0.2, 0) is 0 Å². The van der Waals surface area contributed by atoms with Crippen molar-refractivity contribution >= 4 is 27.0 Å². The molecule has 0 radical (unpaired) electrons. The number of benzene rings is 1. The zero-order valence-electron chi connectivity index (χ0n) is 9.29. The van der Waals surface area contributed by atoms with Crippen LogP contribution in [0.5, 0.6) is 0 Å². The minimum atomic E-state index is -1.50. The van der Waals surface area contributed by atoms with Crippen molar-refractivity contribution in [2.75, 3.05) is 6.61 Å². The fourth-order valence-electron chi connectivity index (χ4n) is 1.62. The van der Waals surface area contributed by atoms with Crippen molar-refractivity contribution in [3.05, 3.63) is 28.5 Å². The van der Waals surface area contributed by atoms with Gasteiger partial charge in [-0.15, -0.1) is 0 Å². The average Bonchev–Trinajstić information content (AvgIpc) is 2.78. The van der Waals surface area contributed by atoms with Crippen LogP contribution >= 0.6 is 15.9 Å². The maximum atomic E-state index is 9.83. The number of aromatic nitrogens is 2. The maximum Gasteiger partial charge on any atom is 0.140 e. The van der Waals surface area contributed by atoms with E-state index < -0.39 is 24.9 Å². The average molecular weight is 317 g/mol. The van der Waals surface area contributed by atoms with Crippen LogP contribution in [0.2, 0.25) is 0 Å². The lowest BCUT2D eigenvalue weighted by Crippen LogP contribution is -2.35. The van der Waals surface area contributed by atoms with Crippen molar-refractivity contribution in [1.82, 2.24) is 9.97 Å². The predicted molar refractivity (Wildman–Crippen MR) is 67.9 cm³/mol. The molecule has 0 amide bonds. The third-order valence-electron chi connectivity index (χ3n) is 2.65. The molecule has 0 spiro atoms. The lowest BCUT2D eigenvalue weighted by molar-refractivity contribution is -0.0800. The first-order valence-electron chi connectivity index (χ1n) is 5.33. The SMILES string of the molecule is OC[C@@H](O)C(O)[C@@H](O)c1nc2ccc(Br)cc2[nH]1. The first kappa shape index (κ1) is 13.4. The van der Waals surface area contributed by atoms with E-state index in [4.69, 9.17) is 5.11 Å². The van der Waals surface area contributed by atoms with Crippen LogP contribution < -0.4 is 0 Å². The monoisotopic (exact) mass is 316 g/mol. The quantitative estimate of drug-likeness (QED) is 0.548. The molecule has 0 fully saturated rings. The van der Waals surface area contributed by atoms with E-state index in [1.165, 1.54) is 0 Å². The van der Waals surface area contributed by atoms with Crippen LogP contribution in [0.15, 0.2) is 22.7 Å². The van der Waals surface area contributed by atoms with E-state index in [1.54, 1.807) is 18.2 Å². The molecule has 0 aliphatic rings. The fourth-order valence-corrected chi connectivity index (χ4v) is 1.98. The van der Waals surface area contributed by atoms with Crippen molar-refractivity contribution in [2.45, 2.75) is 18.3 Å². The number of aromatic amines is 1. The van der Waals surface area contributed by atoms with Crippen molar-refractivity contribution in [3.63, 3.8) is 0 Å². The van der Waals surface area contributed by atoms with E-state index in [9.17, 15) is 15.3 Å². The molecule has 5 N–H and O–H groups in total. The van der Waals surface area contributed by atoms with Gasteiger partial charge in [-0.1, -0.05) is 15.9 Å². The number of hydrogen-bond donors (Lipinski definition) is 5. The van der Waals surface area contributed by atoms with Crippen molar-refractivity contribution in [2.24, 2.45) is 0 Å². The molecule has 0 saturated heterocycles. The van der Waals surface area contributed by atoms with Gasteiger partial charge in [0, 0.05) is 4.47 Å². The van der Waals surface area contributed by atoms with Gasteiger partial charge >= 0.3 is 0 Å². The Morgan fingerprint density at radius 2 is 2.00 bits per heavy atom. The Kier molecular flexibility index (Phi) is 3.98. The Bertz CT molecular complexity index is 545. The van der Waals surface area contributed by atoms with E-state index in [0.29, 0.717) is 11.0 Å². The van der Waals surface area contributed by atoms with Gasteiger partial charge in [-0.25, -0.2) is 4.98 Å². The first-order chi connectivity index (χ1) is 8.52. The van der Waals surface area contributed by atoms with E-state index in [2.05, 4.69) is 25.9 Å². The highest BCUT2D eigenvalue weighted by molar-refractivity contribution is 9.10. The van der Waals surface area contributed by atoms with E-state index in [1.807, 2.05) is 0 Å². The summed E-state index contributed by atoms with van der Waals surface area (Å²) in [6.45, 7) is -0.635. The molecule has 1 aromatic carbocycles. The summed E-state index contributed by atoms with van der Waals surface area (Å²) in [6, 6.07) is 5.34. The number of nitrogens with zero attached hydrogens (tertiary/aromatic N) is 1. The van der Waals surface area contributed by atoms with Gasteiger partial charge in [0.1, 0.15) is 24.1 Å². The lowest BCUT2D eigenvalue weighted by Gasteiger charge is -2.19. The normalized spacial score (nSPS) is 16.7. The second-order valence-electron chi connectivity index (χ2n) is 3.97. The molecule has 0 aliphatic heterocycles. The highest BCUT2D eigenvalue weighted by atomic mass is 79.9. The third-order valence-corrected chi connectivity index (χ3v) is 3.14. The van der Waals surface area contributed by atoms with Crippen molar-refractivity contribution in [3.8, 4) is 0 Å². The van der Waals surface area contributed by atoms with Crippen LogP contribution in [0.25, 0.3) is 11.0 Å². The molecule has 0 saturated carbocycles. The number of rotatable bonds is 4. The number of aliphatic hydroxyl groups excluding tert-OH is 4.